The maximum atomic E-state index is 12.4. The summed E-state index contributed by atoms with van der Waals surface area (Å²) in [7, 11) is 0. The molecule has 0 saturated carbocycles. The van der Waals surface area contributed by atoms with Crippen molar-refractivity contribution in [2.75, 3.05) is 0 Å². The van der Waals surface area contributed by atoms with E-state index in [4.69, 9.17) is 4.42 Å². The van der Waals surface area contributed by atoms with Crippen LogP contribution >= 0.6 is 11.3 Å². The van der Waals surface area contributed by atoms with Crippen molar-refractivity contribution in [3.8, 4) is 0 Å². The summed E-state index contributed by atoms with van der Waals surface area (Å²) >= 11 is 1.58. The highest BCUT2D eigenvalue weighted by Gasteiger charge is 2.20. The molecule has 0 bridgehead atoms. The van der Waals surface area contributed by atoms with Gasteiger partial charge in [0.1, 0.15) is 5.58 Å². The molecule has 3 rings (SSSR count). The summed E-state index contributed by atoms with van der Waals surface area (Å²) in [6.45, 7) is 5.77. The molecular formula is C16H16N2O2S. The Hall–Kier alpha value is -2.14. The third kappa shape index (κ3) is 2.56. The van der Waals surface area contributed by atoms with E-state index in [2.05, 4.69) is 10.3 Å². The molecule has 1 N–H and O–H groups in total. The molecule has 2 aromatic heterocycles. The predicted octanol–water partition coefficient (Wildman–Crippen LogP) is 4.00. The van der Waals surface area contributed by atoms with Crippen molar-refractivity contribution in [2.24, 2.45) is 0 Å². The first kappa shape index (κ1) is 13.8. The fourth-order valence-electron chi connectivity index (χ4n) is 2.31. The van der Waals surface area contributed by atoms with E-state index >= 15 is 0 Å². The van der Waals surface area contributed by atoms with Crippen molar-refractivity contribution in [3.05, 3.63) is 51.7 Å². The Morgan fingerprint density at radius 3 is 2.76 bits per heavy atom. The zero-order valence-electron chi connectivity index (χ0n) is 12.1. The molecule has 1 aromatic carbocycles. The third-order valence-electron chi connectivity index (χ3n) is 3.48. The first-order valence-electron chi connectivity index (χ1n) is 6.77. The van der Waals surface area contributed by atoms with Crippen LogP contribution in [0.2, 0.25) is 0 Å². The van der Waals surface area contributed by atoms with Crippen molar-refractivity contribution in [1.82, 2.24) is 10.3 Å². The van der Waals surface area contributed by atoms with Crippen molar-refractivity contribution in [1.29, 1.82) is 0 Å². The fraction of sp³-hybridized carbons (Fsp3) is 0.250. The Bertz CT molecular complexity index is 804. The van der Waals surface area contributed by atoms with Gasteiger partial charge in [-0.25, -0.2) is 4.98 Å². The molecule has 1 unspecified atom stereocenters. The molecule has 0 spiro atoms. The maximum absolute atomic E-state index is 12.4. The number of aryl methyl sites for hydroxylation is 2. The highest BCUT2D eigenvalue weighted by atomic mass is 32.1. The molecule has 1 amide bonds. The summed E-state index contributed by atoms with van der Waals surface area (Å²) in [6.07, 6.45) is 0. The lowest BCUT2D eigenvalue weighted by Crippen LogP contribution is -2.27. The van der Waals surface area contributed by atoms with E-state index in [1.807, 2.05) is 50.4 Å². The minimum absolute atomic E-state index is 0.143. The number of furan rings is 1. The first-order valence-corrected chi connectivity index (χ1v) is 7.65. The number of carbonyl (C=O) groups is 1. The number of rotatable bonds is 3. The van der Waals surface area contributed by atoms with E-state index in [0.717, 1.165) is 27.2 Å². The SMILES string of the molecule is Cc1nc(C(C)NC(=O)c2oc3ccccc3c2C)cs1. The van der Waals surface area contributed by atoms with Gasteiger partial charge in [-0.2, -0.15) is 0 Å². The van der Waals surface area contributed by atoms with Gasteiger partial charge in [-0.1, -0.05) is 18.2 Å². The van der Waals surface area contributed by atoms with Crippen LogP contribution in [0.4, 0.5) is 0 Å². The number of nitrogens with zero attached hydrogens (tertiary/aromatic N) is 1. The smallest absolute Gasteiger partial charge is 0.287 e. The first-order chi connectivity index (χ1) is 10.1. The van der Waals surface area contributed by atoms with Gasteiger partial charge in [0.05, 0.1) is 16.7 Å². The van der Waals surface area contributed by atoms with Gasteiger partial charge < -0.3 is 9.73 Å². The lowest BCUT2D eigenvalue weighted by molar-refractivity contribution is 0.0912. The Balaban J connectivity index is 1.85. The zero-order valence-corrected chi connectivity index (χ0v) is 13.0. The number of benzene rings is 1. The van der Waals surface area contributed by atoms with Gasteiger partial charge in [0.2, 0.25) is 0 Å². The van der Waals surface area contributed by atoms with E-state index in [9.17, 15) is 4.79 Å². The summed E-state index contributed by atoms with van der Waals surface area (Å²) in [4.78, 5) is 16.8. The number of hydrogen-bond donors (Lipinski definition) is 1. The summed E-state index contributed by atoms with van der Waals surface area (Å²) in [5.74, 6) is 0.164. The Morgan fingerprint density at radius 2 is 2.10 bits per heavy atom. The van der Waals surface area contributed by atoms with Crippen LogP contribution in [0.3, 0.4) is 0 Å². The van der Waals surface area contributed by atoms with E-state index in [1.165, 1.54) is 0 Å². The van der Waals surface area contributed by atoms with Crippen LogP contribution in [0, 0.1) is 13.8 Å². The molecule has 21 heavy (non-hydrogen) atoms. The molecular weight excluding hydrogens is 284 g/mol. The van der Waals surface area contributed by atoms with Gasteiger partial charge in [-0.15, -0.1) is 11.3 Å². The molecule has 0 aliphatic carbocycles. The second kappa shape index (κ2) is 5.33. The molecule has 0 aliphatic heterocycles. The number of nitrogens with one attached hydrogen (secondary N) is 1. The van der Waals surface area contributed by atoms with Gasteiger partial charge >= 0.3 is 0 Å². The van der Waals surface area contributed by atoms with E-state index in [-0.39, 0.29) is 11.9 Å². The van der Waals surface area contributed by atoms with Crippen LogP contribution in [0.25, 0.3) is 11.0 Å². The van der Waals surface area contributed by atoms with E-state index in [0.29, 0.717) is 5.76 Å². The maximum Gasteiger partial charge on any atom is 0.287 e. The normalized spacial score (nSPS) is 12.5. The number of carbonyl (C=O) groups excluding carboxylic acids is 1. The average Bonchev–Trinajstić information content (AvgIpc) is 3.04. The minimum Gasteiger partial charge on any atom is -0.451 e. The quantitative estimate of drug-likeness (QED) is 0.795. The Morgan fingerprint density at radius 1 is 1.33 bits per heavy atom. The molecule has 0 radical (unpaired) electrons. The number of aromatic nitrogens is 1. The number of hydrogen-bond acceptors (Lipinski definition) is 4. The van der Waals surface area contributed by atoms with Gasteiger partial charge in [-0.3, -0.25) is 4.79 Å². The van der Waals surface area contributed by atoms with Gasteiger partial charge in [0.25, 0.3) is 5.91 Å². The molecule has 0 saturated heterocycles. The summed E-state index contributed by atoms with van der Waals surface area (Å²) < 4.78 is 5.67. The molecule has 0 fully saturated rings. The zero-order chi connectivity index (χ0) is 15.0. The average molecular weight is 300 g/mol. The third-order valence-corrected chi connectivity index (χ3v) is 4.27. The van der Waals surface area contributed by atoms with Crippen molar-refractivity contribution in [2.45, 2.75) is 26.8 Å². The van der Waals surface area contributed by atoms with Crippen molar-refractivity contribution in [3.63, 3.8) is 0 Å². The minimum atomic E-state index is -0.207. The van der Waals surface area contributed by atoms with Gasteiger partial charge in [0.15, 0.2) is 5.76 Å². The molecule has 0 aliphatic rings. The molecule has 1 atom stereocenters. The lowest BCUT2D eigenvalue weighted by Gasteiger charge is -2.10. The van der Waals surface area contributed by atoms with Crippen molar-refractivity contribution >= 4 is 28.2 Å². The Kier molecular flexibility index (Phi) is 3.51. The van der Waals surface area contributed by atoms with Crippen LogP contribution in [-0.4, -0.2) is 10.9 Å². The second-order valence-corrected chi connectivity index (χ2v) is 6.10. The summed E-state index contributed by atoms with van der Waals surface area (Å²) in [6, 6.07) is 7.51. The molecule has 4 nitrogen and oxygen atoms in total. The molecule has 5 heteroatoms. The van der Waals surface area contributed by atoms with Crippen molar-refractivity contribution < 1.29 is 9.21 Å². The van der Waals surface area contributed by atoms with E-state index in [1.54, 1.807) is 11.3 Å². The number of amides is 1. The molecule has 2 heterocycles. The fourth-order valence-corrected chi connectivity index (χ4v) is 3.01. The highest BCUT2D eigenvalue weighted by Crippen LogP contribution is 2.25. The van der Waals surface area contributed by atoms with Crippen LogP contribution in [0.15, 0.2) is 34.1 Å². The highest BCUT2D eigenvalue weighted by molar-refractivity contribution is 7.09. The number of fused-ring (bicyclic) bond motifs is 1. The number of thiazole rings is 1. The topological polar surface area (TPSA) is 55.1 Å². The standard InChI is InChI=1S/C16H16N2O2S/c1-9-12-6-4-5-7-14(12)20-15(9)16(19)17-10(2)13-8-21-11(3)18-13/h4-8,10H,1-3H3,(H,17,19). The van der Waals surface area contributed by atoms with Crippen LogP contribution in [-0.2, 0) is 0 Å². The van der Waals surface area contributed by atoms with Gasteiger partial charge in [0, 0.05) is 16.3 Å². The predicted molar refractivity (Wildman–Crippen MR) is 83.7 cm³/mol. The van der Waals surface area contributed by atoms with Crippen LogP contribution in [0.1, 0.15) is 39.8 Å². The van der Waals surface area contributed by atoms with E-state index < -0.39 is 0 Å². The monoisotopic (exact) mass is 300 g/mol. The van der Waals surface area contributed by atoms with Crippen LogP contribution < -0.4 is 5.32 Å². The molecule has 3 aromatic rings. The lowest BCUT2D eigenvalue weighted by atomic mass is 10.1. The largest absolute Gasteiger partial charge is 0.451 e. The van der Waals surface area contributed by atoms with Crippen LogP contribution in [0.5, 0.6) is 0 Å². The summed E-state index contributed by atoms with van der Waals surface area (Å²) in [5.41, 5.74) is 2.47. The molecule has 108 valence electrons. The van der Waals surface area contributed by atoms with Gasteiger partial charge in [-0.05, 0) is 26.8 Å². The summed E-state index contributed by atoms with van der Waals surface area (Å²) in [5, 5.41) is 6.87. The Labute approximate surface area is 126 Å². The number of para-hydroxylation sites is 1. The second-order valence-electron chi connectivity index (χ2n) is 5.04.